The van der Waals surface area contributed by atoms with Crippen LogP contribution in [-0.2, 0) is 9.59 Å². The Morgan fingerprint density at radius 1 is 0.857 bits per heavy atom. The van der Waals surface area contributed by atoms with Crippen LogP contribution in [0.4, 0.5) is 18.9 Å². The van der Waals surface area contributed by atoms with E-state index in [4.69, 9.17) is 15.0 Å². The largest absolute Gasteiger partial charge is 0.490 e. The fourth-order valence-electron chi connectivity index (χ4n) is 3.10. The Morgan fingerprint density at radius 3 is 1.86 bits per heavy atom. The van der Waals surface area contributed by atoms with Gasteiger partial charge in [-0.15, -0.1) is 0 Å². The molecule has 2 N–H and O–H groups in total. The Labute approximate surface area is 200 Å². The van der Waals surface area contributed by atoms with E-state index in [1.807, 2.05) is 48.5 Å². The number of carbonyl (C=O) groups excluding carboxylic acids is 1. The second kappa shape index (κ2) is 12.5. The Hall–Kier alpha value is -3.92. The molecule has 186 valence electrons. The summed E-state index contributed by atoms with van der Waals surface area (Å²) < 4.78 is 31.7. The van der Waals surface area contributed by atoms with Crippen molar-refractivity contribution < 1.29 is 37.8 Å². The monoisotopic (exact) mass is 490 g/mol. The zero-order valence-corrected chi connectivity index (χ0v) is 18.9. The molecule has 1 aliphatic heterocycles. The van der Waals surface area contributed by atoms with Crippen LogP contribution in [0.2, 0.25) is 0 Å². The number of anilines is 1. The van der Waals surface area contributed by atoms with Crippen LogP contribution in [0.15, 0.2) is 60.7 Å². The average molecular weight is 490 g/mol. The summed E-state index contributed by atoms with van der Waals surface area (Å²) in [6.07, 6.45) is 0.828. The highest BCUT2D eigenvalue weighted by atomic mass is 19.4. The van der Waals surface area contributed by atoms with Crippen LogP contribution in [-0.4, -0.2) is 72.2 Å². The lowest BCUT2D eigenvalue weighted by Crippen LogP contribution is -2.44. The first-order chi connectivity index (χ1) is 16.5. The highest BCUT2D eigenvalue weighted by Gasteiger charge is 2.38. The minimum atomic E-state index is -5.08. The first-order valence-corrected chi connectivity index (χ1v) is 10.5. The molecule has 3 rings (SSSR count). The number of alkyl halides is 3. The average Bonchev–Trinajstić information content (AvgIpc) is 2.82. The predicted octanol–water partition coefficient (Wildman–Crippen LogP) is 4.07. The van der Waals surface area contributed by atoms with E-state index in [0.29, 0.717) is 5.56 Å². The maximum atomic E-state index is 12.4. The number of allylic oxidation sites excluding steroid dienone is 1. The van der Waals surface area contributed by atoms with Gasteiger partial charge in [-0.3, -0.25) is 4.79 Å². The smallest absolute Gasteiger partial charge is 0.478 e. The van der Waals surface area contributed by atoms with Crippen molar-refractivity contribution in [2.75, 3.05) is 38.1 Å². The van der Waals surface area contributed by atoms with Crippen molar-refractivity contribution in [2.24, 2.45) is 0 Å². The molecule has 0 saturated carbocycles. The number of aliphatic carboxylic acids is 2. The van der Waals surface area contributed by atoms with Gasteiger partial charge in [0, 0.05) is 43.5 Å². The Morgan fingerprint density at radius 2 is 1.37 bits per heavy atom. The Kier molecular flexibility index (Phi) is 9.77. The van der Waals surface area contributed by atoms with Crippen LogP contribution < -0.4 is 4.90 Å². The topological polar surface area (TPSA) is 98.2 Å². The van der Waals surface area contributed by atoms with Crippen molar-refractivity contribution in [2.45, 2.75) is 6.18 Å². The van der Waals surface area contributed by atoms with Crippen LogP contribution in [0.3, 0.4) is 0 Å². The molecule has 0 unspecified atom stereocenters. The van der Waals surface area contributed by atoms with E-state index in [-0.39, 0.29) is 5.78 Å². The first kappa shape index (κ1) is 27.3. The van der Waals surface area contributed by atoms with Crippen LogP contribution in [0.25, 0.3) is 12.2 Å². The van der Waals surface area contributed by atoms with Gasteiger partial charge in [0.05, 0.1) is 0 Å². The van der Waals surface area contributed by atoms with Gasteiger partial charge in [-0.2, -0.15) is 13.2 Å². The molecular formula is C25H25F3N2O5. The third-order valence-electron chi connectivity index (χ3n) is 5.02. The minimum Gasteiger partial charge on any atom is -0.478 e. The molecule has 0 atom stereocenters. The molecule has 2 aromatic rings. The molecule has 0 radical (unpaired) electrons. The number of halogens is 3. The van der Waals surface area contributed by atoms with Crippen molar-refractivity contribution in [1.29, 1.82) is 0 Å². The van der Waals surface area contributed by atoms with Gasteiger partial charge in [0.1, 0.15) is 0 Å². The van der Waals surface area contributed by atoms with Gasteiger partial charge in [-0.1, -0.05) is 24.3 Å². The van der Waals surface area contributed by atoms with Crippen molar-refractivity contribution in [3.63, 3.8) is 0 Å². The highest BCUT2D eigenvalue weighted by molar-refractivity contribution is 6.07. The Bertz CT molecular complexity index is 1090. The predicted molar refractivity (Wildman–Crippen MR) is 126 cm³/mol. The summed E-state index contributed by atoms with van der Waals surface area (Å²) in [6.45, 7) is 4.08. The van der Waals surface area contributed by atoms with Crippen LogP contribution in [0.1, 0.15) is 21.5 Å². The lowest BCUT2D eigenvalue weighted by atomic mass is 10.1. The molecule has 0 amide bonds. The molecule has 1 heterocycles. The third kappa shape index (κ3) is 9.46. The van der Waals surface area contributed by atoms with E-state index in [9.17, 15) is 22.8 Å². The van der Waals surface area contributed by atoms with Crippen LogP contribution in [0.5, 0.6) is 0 Å². The van der Waals surface area contributed by atoms with Crippen molar-refractivity contribution in [1.82, 2.24) is 4.90 Å². The number of hydrogen-bond donors (Lipinski definition) is 2. The maximum absolute atomic E-state index is 12.4. The Balaban J connectivity index is 0.000000540. The SMILES string of the molecule is CN1CCN(c2ccc(C(=O)/C=C/c3cccc(/C=C/C(=O)O)c3)cc2)CC1.O=C(O)C(F)(F)F. The van der Waals surface area contributed by atoms with Gasteiger partial charge in [-0.25, -0.2) is 9.59 Å². The normalized spacial score (nSPS) is 14.6. The molecular weight excluding hydrogens is 465 g/mol. The molecule has 7 nitrogen and oxygen atoms in total. The standard InChI is InChI=1S/C23H24N2O3.C2HF3O2/c1-24-13-15-25(16-14-24)21-9-7-20(8-10-21)22(26)11-5-18-3-2-4-19(17-18)6-12-23(27)28;3-2(4,5)1(6)7/h2-12,17H,13-16H2,1H3,(H,27,28);(H,6,7)/b11-5+,12-6+;. The molecule has 35 heavy (non-hydrogen) atoms. The summed E-state index contributed by atoms with van der Waals surface area (Å²) in [5.74, 6) is -3.81. The van der Waals surface area contributed by atoms with Crippen molar-refractivity contribution >= 4 is 35.6 Å². The van der Waals surface area contributed by atoms with Gasteiger partial charge in [0.2, 0.25) is 0 Å². The number of piperazine rings is 1. The number of hydrogen-bond acceptors (Lipinski definition) is 5. The lowest BCUT2D eigenvalue weighted by Gasteiger charge is -2.34. The molecule has 0 bridgehead atoms. The summed E-state index contributed by atoms with van der Waals surface area (Å²) in [7, 11) is 2.13. The van der Waals surface area contributed by atoms with Gasteiger partial charge in [0.15, 0.2) is 5.78 Å². The quantitative estimate of drug-likeness (QED) is 0.465. The second-order valence-electron chi connectivity index (χ2n) is 7.68. The molecule has 0 spiro atoms. The fourth-order valence-corrected chi connectivity index (χ4v) is 3.10. The zero-order chi connectivity index (χ0) is 26.0. The van der Waals surface area contributed by atoms with E-state index < -0.39 is 18.1 Å². The summed E-state index contributed by atoms with van der Waals surface area (Å²) in [4.78, 5) is 36.6. The van der Waals surface area contributed by atoms with E-state index in [1.165, 1.54) is 6.08 Å². The fraction of sp³-hybridized carbons (Fsp3) is 0.240. The van der Waals surface area contributed by atoms with E-state index in [2.05, 4.69) is 16.8 Å². The number of likely N-dealkylation sites (N-methyl/N-ethyl adjacent to an activating group) is 1. The lowest BCUT2D eigenvalue weighted by molar-refractivity contribution is -0.192. The number of carboxylic acids is 2. The third-order valence-corrected chi connectivity index (χ3v) is 5.02. The summed E-state index contributed by atoms with van der Waals surface area (Å²) in [6, 6.07) is 15.1. The van der Waals surface area contributed by atoms with E-state index >= 15 is 0 Å². The van der Waals surface area contributed by atoms with Gasteiger partial charge in [-0.05, 0) is 60.7 Å². The van der Waals surface area contributed by atoms with Gasteiger partial charge < -0.3 is 20.0 Å². The minimum absolute atomic E-state index is 0.0589. The van der Waals surface area contributed by atoms with E-state index in [0.717, 1.165) is 49.1 Å². The summed E-state index contributed by atoms with van der Waals surface area (Å²) >= 11 is 0. The summed E-state index contributed by atoms with van der Waals surface area (Å²) in [5, 5.41) is 15.8. The van der Waals surface area contributed by atoms with Crippen LogP contribution in [0, 0.1) is 0 Å². The first-order valence-electron chi connectivity index (χ1n) is 10.5. The highest BCUT2D eigenvalue weighted by Crippen LogP contribution is 2.18. The number of ketones is 1. The maximum Gasteiger partial charge on any atom is 0.490 e. The molecule has 0 aromatic heterocycles. The number of carboxylic acid groups (broad SMARTS) is 2. The van der Waals surface area contributed by atoms with Gasteiger partial charge in [0.25, 0.3) is 0 Å². The van der Waals surface area contributed by atoms with Crippen molar-refractivity contribution in [3.8, 4) is 0 Å². The molecule has 0 aliphatic carbocycles. The van der Waals surface area contributed by atoms with Gasteiger partial charge >= 0.3 is 18.1 Å². The molecule has 2 aromatic carbocycles. The number of nitrogens with zero attached hydrogens (tertiary/aromatic N) is 2. The second-order valence-corrected chi connectivity index (χ2v) is 7.68. The molecule has 1 fully saturated rings. The van der Waals surface area contributed by atoms with Crippen molar-refractivity contribution in [3.05, 3.63) is 77.4 Å². The summed E-state index contributed by atoms with van der Waals surface area (Å²) in [5.41, 5.74) is 3.41. The number of rotatable bonds is 6. The zero-order valence-electron chi connectivity index (χ0n) is 18.9. The molecule has 1 saturated heterocycles. The van der Waals surface area contributed by atoms with E-state index in [1.54, 1.807) is 12.2 Å². The molecule has 1 aliphatic rings. The molecule has 10 heteroatoms. The number of benzene rings is 2. The number of carbonyl (C=O) groups is 3. The van der Waals surface area contributed by atoms with Crippen LogP contribution >= 0.6 is 0 Å².